The molecule has 1 aromatic heterocycles. The van der Waals surface area contributed by atoms with Crippen LogP contribution in [-0.2, 0) is 9.53 Å². The molecule has 0 saturated heterocycles. The van der Waals surface area contributed by atoms with Crippen LogP contribution in [0.25, 0.3) is 0 Å². The molecule has 1 heterocycles. The number of hydrogen-bond donors (Lipinski definition) is 1. The van der Waals surface area contributed by atoms with Gasteiger partial charge in [0.1, 0.15) is 6.04 Å². The molecule has 1 rings (SSSR count). The molecule has 0 aromatic carbocycles. The predicted octanol–water partition coefficient (Wildman–Crippen LogP) is 1.65. The molecule has 0 unspecified atom stereocenters. The van der Waals surface area contributed by atoms with Gasteiger partial charge < -0.3 is 10.1 Å². The maximum Gasteiger partial charge on any atom is 0.328 e. The molecule has 0 radical (unpaired) electrons. The van der Waals surface area contributed by atoms with Crippen LogP contribution in [0.1, 0.15) is 16.8 Å². The Kier molecular flexibility index (Phi) is 5.51. The molecule has 6 heteroatoms. The van der Waals surface area contributed by atoms with Crippen LogP contribution in [0.3, 0.4) is 0 Å². The Morgan fingerprint density at radius 3 is 2.61 bits per heavy atom. The number of hydrogen-bond acceptors (Lipinski definition) is 4. The number of pyridine rings is 1. The lowest BCUT2D eigenvalue weighted by atomic mass is 10.2. The topological polar surface area (TPSA) is 68.3 Å². The van der Waals surface area contributed by atoms with E-state index >= 15 is 0 Å². The van der Waals surface area contributed by atoms with Crippen molar-refractivity contribution in [1.82, 2.24) is 10.3 Å². The average molecular weight is 313 g/mol. The zero-order chi connectivity index (χ0) is 13.5. The van der Waals surface area contributed by atoms with Crippen molar-refractivity contribution in [1.29, 1.82) is 0 Å². The molecule has 0 aliphatic rings. The second-order valence-corrected chi connectivity index (χ2v) is 4.63. The first-order chi connectivity index (χ1) is 8.54. The molecular weight excluding hydrogens is 300 g/mol. The molecule has 0 saturated carbocycles. The highest BCUT2D eigenvalue weighted by molar-refractivity contribution is 9.11. The van der Waals surface area contributed by atoms with Gasteiger partial charge in [-0.15, -0.1) is 0 Å². The van der Waals surface area contributed by atoms with Crippen molar-refractivity contribution in [2.24, 2.45) is 0 Å². The summed E-state index contributed by atoms with van der Waals surface area (Å²) in [4.78, 5) is 27.2. The summed E-state index contributed by atoms with van der Waals surface area (Å²) in [5.41, 5.74) is 0.430. The second-order valence-electron chi connectivity index (χ2n) is 3.51. The highest BCUT2D eigenvalue weighted by Crippen LogP contribution is 2.11. The molecule has 1 N–H and O–H groups in total. The number of nitrogens with zero attached hydrogens (tertiary/aromatic N) is 1. The minimum atomic E-state index is -0.762. The van der Waals surface area contributed by atoms with Gasteiger partial charge in [-0.1, -0.05) is 22.5 Å². The van der Waals surface area contributed by atoms with Crippen molar-refractivity contribution in [3.8, 4) is 0 Å². The molecule has 0 bridgehead atoms. The molecule has 18 heavy (non-hydrogen) atoms. The monoisotopic (exact) mass is 312 g/mol. The summed E-state index contributed by atoms with van der Waals surface area (Å²) < 4.78 is 5.23. The number of nitrogens with one attached hydrogen (secondary N) is 1. The number of halogens is 1. The summed E-state index contributed by atoms with van der Waals surface area (Å²) in [6.45, 7) is 3.64. The summed E-state index contributed by atoms with van der Waals surface area (Å²) in [6, 6.07) is 2.36. The van der Waals surface area contributed by atoms with Gasteiger partial charge in [-0.25, -0.2) is 4.79 Å². The second kappa shape index (κ2) is 6.90. The number of methoxy groups -OCH3 is 1. The fraction of sp³-hybridized carbons (Fsp3) is 0.250. The quantitative estimate of drug-likeness (QED) is 0.839. The summed E-state index contributed by atoms with van der Waals surface area (Å²) in [6.07, 6.45) is 3.28. The lowest BCUT2D eigenvalue weighted by Gasteiger charge is -2.15. The Balaban J connectivity index is 2.74. The molecule has 1 amide bonds. The lowest BCUT2D eigenvalue weighted by Crippen LogP contribution is -2.41. The summed E-state index contributed by atoms with van der Waals surface area (Å²) in [5, 5.41) is 2.58. The number of rotatable bonds is 5. The average Bonchev–Trinajstić information content (AvgIpc) is 2.37. The first-order valence-electron chi connectivity index (χ1n) is 5.16. The third kappa shape index (κ3) is 4.29. The molecule has 1 aromatic rings. The van der Waals surface area contributed by atoms with Gasteiger partial charge in [0.2, 0.25) is 0 Å². The third-order valence-electron chi connectivity index (χ3n) is 2.16. The lowest BCUT2D eigenvalue weighted by molar-refractivity contribution is -0.142. The Hall–Kier alpha value is -1.69. The smallest absolute Gasteiger partial charge is 0.328 e. The fourth-order valence-corrected chi connectivity index (χ4v) is 1.63. The van der Waals surface area contributed by atoms with E-state index in [1.807, 2.05) is 0 Å². The van der Waals surface area contributed by atoms with Crippen molar-refractivity contribution >= 4 is 27.8 Å². The van der Waals surface area contributed by atoms with Gasteiger partial charge in [0.15, 0.2) is 0 Å². The molecular formula is C12H13BrN2O3. The Labute approximate surface area is 113 Å². The first-order valence-corrected chi connectivity index (χ1v) is 5.96. The van der Waals surface area contributed by atoms with E-state index in [-0.39, 0.29) is 12.3 Å². The van der Waals surface area contributed by atoms with Crippen molar-refractivity contribution < 1.29 is 14.3 Å². The van der Waals surface area contributed by atoms with E-state index in [1.165, 1.54) is 19.5 Å². The zero-order valence-electron chi connectivity index (χ0n) is 9.85. The molecule has 5 nitrogen and oxygen atoms in total. The molecule has 0 aliphatic carbocycles. The maximum absolute atomic E-state index is 11.9. The molecule has 96 valence electrons. The molecule has 0 aliphatic heterocycles. The Morgan fingerprint density at radius 1 is 1.50 bits per heavy atom. The maximum atomic E-state index is 11.9. The number of ether oxygens (including phenoxy) is 1. The van der Waals surface area contributed by atoms with Crippen LogP contribution in [-0.4, -0.2) is 30.0 Å². The van der Waals surface area contributed by atoms with Crippen molar-refractivity contribution in [3.63, 3.8) is 0 Å². The minimum absolute atomic E-state index is 0.267. The van der Waals surface area contributed by atoms with Crippen LogP contribution in [0, 0.1) is 0 Å². The van der Waals surface area contributed by atoms with Crippen LogP contribution >= 0.6 is 15.9 Å². The standard InChI is InChI=1S/C12H13BrN2O3/c1-8(13)7-10(12(17)18-2)15-11(16)9-3-5-14-6-4-9/h3-6,10H,1,7H2,2H3,(H,15,16)/t10-/m1/s1. The summed E-state index contributed by atoms with van der Waals surface area (Å²) in [5.74, 6) is -0.875. The van der Waals surface area contributed by atoms with Gasteiger partial charge in [-0.05, 0) is 16.6 Å². The van der Waals surface area contributed by atoms with Crippen LogP contribution in [0.15, 0.2) is 35.6 Å². The van der Waals surface area contributed by atoms with Crippen LogP contribution < -0.4 is 5.32 Å². The van der Waals surface area contributed by atoms with Gasteiger partial charge in [0, 0.05) is 24.4 Å². The third-order valence-corrected chi connectivity index (χ3v) is 2.48. The highest BCUT2D eigenvalue weighted by Gasteiger charge is 2.22. The van der Waals surface area contributed by atoms with Crippen LogP contribution in [0.4, 0.5) is 0 Å². The van der Waals surface area contributed by atoms with E-state index in [4.69, 9.17) is 0 Å². The van der Waals surface area contributed by atoms with E-state index < -0.39 is 12.0 Å². The van der Waals surface area contributed by atoms with E-state index in [0.29, 0.717) is 10.0 Å². The largest absolute Gasteiger partial charge is 0.467 e. The number of carbonyl (C=O) groups excluding carboxylic acids is 2. The summed E-state index contributed by atoms with van der Waals surface area (Å²) >= 11 is 3.16. The number of carbonyl (C=O) groups is 2. The van der Waals surface area contributed by atoms with Gasteiger partial charge in [-0.3, -0.25) is 9.78 Å². The van der Waals surface area contributed by atoms with Gasteiger partial charge in [-0.2, -0.15) is 0 Å². The van der Waals surface area contributed by atoms with Gasteiger partial charge >= 0.3 is 5.97 Å². The number of esters is 1. The molecule has 0 spiro atoms. The fourth-order valence-electron chi connectivity index (χ4n) is 1.30. The van der Waals surface area contributed by atoms with Gasteiger partial charge in [0.25, 0.3) is 5.91 Å². The van der Waals surface area contributed by atoms with E-state index in [9.17, 15) is 9.59 Å². The van der Waals surface area contributed by atoms with E-state index in [0.717, 1.165) is 0 Å². The molecule has 0 fully saturated rings. The van der Waals surface area contributed by atoms with E-state index in [2.05, 4.69) is 37.5 Å². The predicted molar refractivity (Wildman–Crippen MR) is 70.2 cm³/mol. The summed E-state index contributed by atoms with van der Waals surface area (Å²) in [7, 11) is 1.27. The number of aromatic nitrogens is 1. The van der Waals surface area contributed by atoms with Crippen molar-refractivity contribution in [2.45, 2.75) is 12.5 Å². The highest BCUT2D eigenvalue weighted by atomic mass is 79.9. The molecule has 1 atom stereocenters. The normalized spacial score (nSPS) is 11.4. The van der Waals surface area contributed by atoms with Gasteiger partial charge in [0.05, 0.1) is 7.11 Å². The Morgan fingerprint density at radius 2 is 2.11 bits per heavy atom. The Bertz CT molecular complexity index is 448. The van der Waals surface area contributed by atoms with Crippen molar-refractivity contribution in [3.05, 3.63) is 41.2 Å². The van der Waals surface area contributed by atoms with E-state index in [1.54, 1.807) is 12.1 Å². The van der Waals surface area contributed by atoms with Crippen molar-refractivity contribution in [2.75, 3.05) is 7.11 Å². The number of amides is 1. The SMILES string of the molecule is C=C(Br)C[C@@H](NC(=O)c1ccncc1)C(=O)OC. The first kappa shape index (κ1) is 14.4. The van der Waals surface area contributed by atoms with Crippen LogP contribution in [0.2, 0.25) is 0 Å². The van der Waals surface area contributed by atoms with Crippen LogP contribution in [0.5, 0.6) is 0 Å². The zero-order valence-corrected chi connectivity index (χ0v) is 11.4. The minimum Gasteiger partial charge on any atom is -0.467 e.